The zero-order valence-electron chi connectivity index (χ0n) is 12.3. The molecule has 1 aliphatic rings. The van der Waals surface area contributed by atoms with Crippen molar-refractivity contribution in [2.45, 2.75) is 44.2 Å². The quantitative estimate of drug-likeness (QED) is 0.776. The predicted molar refractivity (Wildman–Crippen MR) is 87.9 cm³/mol. The predicted octanol–water partition coefficient (Wildman–Crippen LogP) is 2.30. The zero-order chi connectivity index (χ0) is 15.9. The lowest BCUT2D eigenvalue weighted by Crippen LogP contribution is -2.36. The third-order valence-corrected chi connectivity index (χ3v) is 4.71. The van der Waals surface area contributed by atoms with Crippen LogP contribution in [-0.4, -0.2) is 32.3 Å². The van der Waals surface area contributed by atoms with Crippen LogP contribution >= 0.6 is 15.9 Å². The summed E-state index contributed by atoms with van der Waals surface area (Å²) in [5, 5.41) is 17.7. The van der Waals surface area contributed by atoms with E-state index in [2.05, 4.69) is 26.3 Å². The molecule has 1 fully saturated rings. The molecule has 0 spiro atoms. The van der Waals surface area contributed by atoms with Crippen LogP contribution in [0.1, 0.15) is 43.0 Å². The molecule has 0 aliphatic heterocycles. The number of aliphatic hydroxyl groups is 1. The van der Waals surface area contributed by atoms with Crippen LogP contribution in [0.2, 0.25) is 0 Å². The van der Waals surface area contributed by atoms with Gasteiger partial charge in [0.05, 0.1) is 28.6 Å². The van der Waals surface area contributed by atoms with Crippen molar-refractivity contribution in [1.29, 1.82) is 0 Å². The molecule has 1 amide bonds. The minimum atomic E-state index is -0.587. The first-order chi connectivity index (χ1) is 10.4. The number of amides is 1. The topological polar surface area (TPSA) is 92.6 Å². The van der Waals surface area contributed by atoms with Gasteiger partial charge in [-0.05, 0) is 54.6 Å². The molecular weight excluding hydrogens is 348 g/mol. The highest BCUT2D eigenvalue weighted by Gasteiger charge is 2.29. The standard InChI is InChI=1S/C15H19BrN4O2/c1-15(22)4-2-10(3-5-15)19-13-11(14(17)21)7-18-20-8-9(16)6-12(13)20/h6-8,10,19,22H,2-5H2,1H3,(H2,17,21)/t10-,15+. The van der Waals surface area contributed by atoms with E-state index in [4.69, 9.17) is 5.73 Å². The van der Waals surface area contributed by atoms with Crippen LogP contribution in [-0.2, 0) is 0 Å². The minimum absolute atomic E-state index is 0.207. The number of nitrogens with two attached hydrogens (primary N) is 1. The van der Waals surface area contributed by atoms with Gasteiger partial charge in [0.2, 0.25) is 0 Å². The van der Waals surface area contributed by atoms with Crippen molar-refractivity contribution in [3.05, 3.63) is 28.5 Å². The van der Waals surface area contributed by atoms with Gasteiger partial charge in [0.1, 0.15) is 0 Å². The Morgan fingerprint density at radius 3 is 2.86 bits per heavy atom. The molecule has 118 valence electrons. The number of hydrogen-bond acceptors (Lipinski definition) is 4. The Hall–Kier alpha value is -1.60. The van der Waals surface area contributed by atoms with E-state index in [9.17, 15) is 9.90 Å². The van der Waals surface area contributed by atoms with Crippen LogP contribution in [0.3, 0.4) is 0 Å². The first kappa shape index (κ1) is 15.3. The molecule has 0 atom stereocenters. The van der Waals surface area contributed by atoms with E-state index in [1.54, 1.807) is 4.52 Å². The van der Waals surface area contributed by atoms with Gasteiger partial charge >= 0.3 is 0 Å². The summed E-state index contributed by atoms with van der Waals surface area (Å²) in [6.45, 7) is 1.87. The maximum absolute atomic E-state index is 11.7. The highest BCUT2D eigenvalue weighted by molar-refractivity contribution is 9.10. The van der Waals surface area contributed by atoms with Gasteiger partial charge in [-0.25, -0.2) is 4.52 Å². The first-order valence-corrected chi connectivity index (χ1v) is 8.11. The smallest absolute Gasteiger partial charge is 0.252 e. The molecule has 1 aliphatic carbocycles. The van der Waals surface area contributed by atoms with Crippen molar-refractivity contribution in [1.82, 2.24) is 9.61 Å². The number of aromatic nitrogens is 2. The molecular formula is C15H19BrN4O2. The third kappa shape index (κ3) is 2.96. The van der Waals surface area contributed by atoms with Gasteiger partial charge < -0.3 is 16.2 Å². The Morgan fingerprint density at radius 2 is 2.23 bits per heavy atom. The molecule has 2 heterocycles. The van der Waals surface area contributed by atoms with Crippen molar-refractivity contribution in [2.75, 3.05) is 5.32 Å². The summed E-state index contributed by atoms with van der Waals surface area (Å²) in [5.41, 5.74) is 6.79. The number of primary amides is 1. The Kier molecular flexibility index (Phi) is 3.86. The van der Waals surface area contributed by atoms with Gasteiger partial charge in [0, 0.05) is 16.7 Å². The molecule has 0 bridgehead atoms. The number of nitrogens with one attached hydrogen (secondary N) is 1. The highest BCUT2D eigenvalue weighted by atomic mass is 79.9. The Balaban J connectivity index is 1.94. The number of carbonyl (C=O) groups excluding carboxylic acids is 1. The monoisotopic (exact) mass is 366 g/mol. The molecule has 2 aromatic rings. The molecule has 6 nitrogen and oxygen atoms in total. The van der Waals surface area contributed by atoms with Gasteiger partial charge in [-0.15, -0.1) is 0 Å². The van der Waals surface area contributed by atoms with E-state index in [1.807, 2.05) is 19.2 Å². The Bertz CT molecular complexity index is 716. The lowest BCUT2D eigenvalue weighted by Gasteiger charge is -2.34. The molecule has 3 rings (SSSR count). The number of halogens is 1. The number of rotatable bonds is 3. The van der Waals surface area contributed by atoms with Crippen molar-refractivity contribution >= 4 is 33.0 Å². The van der Waals surface area contributed by atoms with Gasteiger partial charge in [-0.2, -0.15) is 5.10 Å². The van der Waals surface area contributed by atoms with Crippen molar-refractivity contribution in [3.8, 4) is 0 Å². The number of fused-ring (bicyclic) bond motifs is 1. The summed E-state index contributed by atoms with van der Waals surface area (Å²) in [6, 6.07) is 2.11. The van der Waals surface area contributed by atoms with Gasteiger partial charge in [0.15, 0.2) is 0 Å². The largest absolute Gasteiger partial charge is 0.390 e. The van der Waals surface area contributed by atoms with Crippen LogP contribution in [0.5, 0.6) is 0 Å². The molecule has 2 aromatic heterocycles. The number of hydrogen-bond donors (Lipinski definition) is 3. The summed E-state index contributed by atoms with van der Waals surface area (Å²) in [6.07, 6.45) is 6.49. The first-order valence-electron chi connectivity index (χ1n) is 7.31. The zero-order valence-corrected chi connectivity index (χ0v) is 13.9. The van der Waals surface area contributed by atoms with E-state index >= 15 is 0 Å². The van der Waals surface area contributed by atoms with E-state index in [0.29, 0.717) is 11.3 Å². The minimum Gasteiger partial charge on any atom is -0.390 e. The maximum Gasteiger partial charge on any atom is 0.252 e. The summed E-state index contributed by atoms with van der Waals surface area (Å²) in [7, 11) is 0. The number of nitrogens with zero attached hydrogens (tertiary/aromatic N) is 2. The van der Waals surface area contributed by atoms with Crippen molar-refractivity contribution in [3.63, 3.8) is 0 Å². The second kappa shape index (κ2) is 5.55. The number of anilines is 1. The lowest BCUT2D eigenvalue weighted by molar-refractivity contribution is 0.0196. The van der Waals surface area contributed by atoms with Crippen LogP contribution in [0.15, 0.2) is 22.9 Å². The van der Waals surface area contributed by atoms with E-state index in [1.165, 1.54) is 6.20 Å². The second-order valence-electron chi connectivity index (χ2n) is 6.20. The summed E-state index contributed by atoms with van der Waals surface area (Å²) < 4.78 is 2.59. The Labute approximate surface area is 136 Å². The van der Waals surface area contributed by atoms with E-state index in [-0.39, 0.29) is 6.04 Å². The fourth-order valence-corrected chi connectivity index (χ4v) is 3.36. The van der Waals surface area contributed by atoms with Gasteiger partial charge in [-0.1, -0.05) is 0 Å². The summed E-state index contributed by atoms with van der Waals surface area (Å²) in [4.78, 5) is 11.7. The third-order valence-electron chi connectivity index (χ3n) is 4.28. The van der Waals surface area contributed by atoms with Crippen LogP contribution in [0, 0.1) is 0 Å². The lowest BCUT2D eigenvalue weighted by atomic mass is 9.83. The average Bonchev–Trinajstić information content (AvgIpc) is 2.81. The van der Waals surface area contributed by atoms with Crippen LogP contribution in [0.25, 0.3) is 5.52 Å². The van der Waals surface area contributed by atoms with Crippen molar-refractivity contribution < 1.29 is 9.90 Å². The number of carbonyl (C=O) groups is 1. The molecule has 22 heavy (non-hydrogen) atoms. The molecule has 7 heteroatoms. The highest BCUT2D eigenvalue weighted by Crippen LogP contribution is 2.32. The molecule has 0 aromatic carbocycles. The summed E-state index contributed by atoms with van der Waals surface area (Å²) >= 11 is 3.42. The molecule has 0 saturated heterocycles. The van der Waals surface area contributed by atoms with Crippen LogP contribution in [0.4, 0.5) is 5.69 Å². The fraction of sp³-hybridized carbons (Fsp3) is 0.467. The van der Waals surface area contributed by atoms with Crippen LogP contribution < -0.4 is 11.1 Å². The van der Waals surface area contributed by atoms with Crippen molar-refractivity contribution in [2.24, 2.45) is 5.73 Å². The molecule has 1 saturated carbocycles. The van der Waals surface area contributed by atoms with Gasteiger partial charge in [0.25, 0.3) is 5.91 Å². The van der Waals surface area contributed by atoms with E-state index < -0.39 is 11.5 Å². The summed E-state index contributed by atoms with van der Waals surface area (Å²) in [5.74, 6) is -0.502. The fourth-order valence-electron chi connectivity index (χ4n) is 2.95. The van der Waals surface area contributed by atoms with E-state index in [0.717, 1.165) is 35.7 Å². The molecule has 0 radical (unpaired) electrons. The molecule has 0 unspecified atom stereocenters. The SMILES string of the molecule is C[C@]1(O)CC[C@@H](Nc2c(C(N)=O)cnn3cc(Br)cc23)CC1. The normalized spacial score (nSPS) is 25.3. The average molecular weight is 367 g/mol. The molecule has 4 N–H and O–H groups in total. The van der Waals surface area contributed by atoms with Gasteiger partial charge in [-0.3, -0.25) is 4.79 Å². The maximum atomic E-state index is 11.7. The Morgan fingerprint density at radius 1 is 1.55 bits per heavy atom. The second-order valence-corrected chi connectivity index (χ2v) is 7.12.